The molecule has 1 atom stereocenters. The third kappa shape index (κ3) is 3.65. The van der Waals surface area contributed by atoms with Crippen molar-refractivity contribution in [3.63, 3.8) is 0 Å². The van der Waals surface area contributed by atoms with E-state index in [4.69, 9.17) is 4.74 Å². The summed E-state index contributed by atoms with van der Waals surface area (Å²) in [4.78, 5) is 7.09. The third-order valence-corrected chi connectivity index (χ3v) is 5.44. The molecule has 6 heteroatoms. The quantitative estimate of drug-likeness (QED) is 0.816. The summed E-state index contributed by atoms with van der Waals surface area (Å²) in [6, 6.07) is 0. The number of hydrogen-bond donors (Lipinski definition) is 0. The highest BCUT2D eigenvalue weighted by atomic mass is 32.1. The molecule has 0 bridgehead atoms. The van der Waals surface area contributed by atoms with Crippen molar-refractivity contribution in [2.45, 2.75) is 38.8 Å². The predicted octanol–water partition coefficient (Wildman–Crippen LogP) is 2.71. The first-order valence-corrected chi connectivity index (χ1v) is 9.29. The van der Waals surface area contributed by atoms with Crippen molar-refractivity contribution in [1.29, 1.82) is 0 Å². The lowest BCUT2D eigenvalue weighted by Crippen LogP contribution is -2.35. The fourth-order valence-electron chi connectivity index (χ4n) is 3.35. The minimum atomic E-state index is 0.374. The molecule has 3 heterocycles. The summed E-state index contributed by atoms with van der Waals surface area (Å²) in [6.45, 7) is 6.65. The van der Waals surface area contributed by atoms with Gasteiger partial charge in [-0.25, -0.2) is 4.98 Å². The van der Waals surface area contributed by atoms with Crippen molar-refractivity contribution >= 4 is 11.3 Å². The Balaban J connectivity index is 1.45. The van der Waals surface area contributed by atoms with Gasteiger partial charge in [0.25, 0.3) is 0 Å². The van der Waals surface area contributed by atoms with Crippen molar-refractivity contribution in [3.05, 3.63) is 33.5 Å². The number of rotatable bonds is 6. The molecule has 5 nitrogen and oxygen atoms in total. The Morgan fingerprint density at radius 2 is 2.22 bits per heavy atom. The molecular formula is C17H24N4OS. The minimum Gasteiger partial charge on any atom is -0.380 e. The van der Waals surface area contributed by atoms with Gasteiger partial charge in [-0.05, 0) is 25.7 Å². The van der Waals surface area contributed by atoms with Gasteiger partial charge in [-0.1, -0.05) is 0 Å². The summed E-state index contributed by atoms with van der Waals surface area (Å²) >= 11 is 1.73. The molecule has 0 spiro atoms. The molecule has 2 aliphatic rings. The van der Waals surface area contributed by atoms with Crippen LogP contribution in [0.3, 0.4) is 0 Å². The molecule has 1 aliphatic carbocycles. The zero-order chi connectivity index (χ0) is 15.8. The van der Waals surface area contributed by atoms with Gasteiger partial charge in [0.2, 0.25) is 0 Å². The molecule has 0 aromatic carbocycles. The largest absolute Gasteiger partial charge is 0.380 e. The van der Waals surface area contributed by atoms with E-state index in [2.05, 4.69) is 33.5 Å². The molecule has 2 aromatic heterocycles. The topological polar surface area (TPSA) is 43.2 Å². The van der Waals surface area contributed by atoms with E-state index in [-0.39, 0.29) is 0 Å². The number of aryl methyl sites for hydroxylation is 2. The second-order valence-corrected chi connectivity index (χ2v) is 7.98. The van der Waals surface area contributed by atoms with Crippen LogP contribution < -0.4 is 0 Å². The van der Waals surface area contributed by atoms with E-state index in [9.17, 15) is 0 Å². The normalized spacial score (nSPS) is 21.6. The molecule has 124 valence electrons. The first kappa shape index (κ1) is 15.3. The number of thiazole rings is 1. The number of hydrogen-bond acceptors (Lipinski definition) is 5. The van der Waals surface area contributed by atoms with Gasteiger partial charge < -0.3 is 4.74 Å². The number of ether oxygens (including phenoxy) is 1. The van der Waals surface area contributed by atoms with E-state index in [1.807, 2.05) is 11.7 Å². The molecule has 0 N–H and O–H groups in total. The summed E-state index contributed by atoms with van der Waals surface area (Å²) in [5, 5.41) is 8.00. The maximum Gasteiger partial charge on any atom is 0.0897 e. The SMILES string of the molecule is Cc1nc(CN2Cc3cn(C)nc3[C@H](COCC3CC3)C2)cs1. The summed E-state index contributed by atoms with van der Waals surface area (Å²) < 4.78 is 7.92. The molecule has 0 radical (unpaired) electrons. The van der Waals surface area contributed by atoms with Crippen LogP contribution in [0, 0.1) is 12.8 Å². The van der Waals surface area contributed by atoms with E-state index in [0.717, 1.165) is 43.8 Å². The van der Waals surface area contributed by atoms with Crippen molar-refractivity contribution in [3.8, 4) is 0 Å². The Labute approximate surface area is 141 Å². The van der Waals surface area contributed by atoms with Crippen LogP contribution in [0.1, 0.15) is 40.7 Å². The fourth-order valence-corrected chi connectivity index (χ4v) is 3.95. The second-order valence-electron chi connectivity index (χ2n) is 6.92. The van der Waals surface area contributed by atoms with Crippen LogP contribution in [-0.2, 0) is 24.9 Å². The smallest absolute Gasteiger partial charge is 0.0897 e. The van der Waals surface area contributed by atoms with Gasteiger partial charge in [-0.15, -0.1) is 11.3 Å². The maximum absolute atomic E-state index is 5.98. The van der Waals surface area contributed by atoms with Crippen LogP contribution in [0.2, 0.25) is 0 Å². The summed E-state index contributed by atoms with van der Waals surface area (Å²) in [6.07, 6.45) is 4.84. The molecule has 23 heavy (non-hydrogen) atoms. The Bertz CT molecular complexity index is 676. The first-order chi connectivity index (χ1) is 11.2. The van der Waals surface area contributed by atoms with Gasteiger partial charge in [0.1, 0.15) is 0 Å². The maximum atomic E-state index is 5.98. The lowest BCUT2D eigenvalue weighted by molar-refractivity contribution is 0.0879. The average molecular weight is 332 g/mol. The minimum absolute atomic E-state index is 0.374. The van der Waals surface area contributed by atoms with Gasteiger partial charge in [0.15, 0.2) is 0 Å². The first-order valence-electron chi connectivity index (χ1n) is 8.41. The highest BCUT2D eigenvalue weighted by Gasteiger charge is 2.29. The fraction of sp³-hybridized carbons (Fsp3) is 0.647. The average Bonchev–Trinajstić information content (AvgIpc) is 3.12. The van der Waals surface area contributed by atoms with Gasteiger partial charge in [0.05, 0.1) is 23.0 Å². The van der Waals surface area contributed by atoms with Gasteiger partial charge in [-0.3, -0.25) is 9.58 Å². The van der Waals surface area contributed by atoms with E-state index < -0.39 is 0 Å². The van der Waals surface area contributed by atoms with E-state index in [0.29, 0.717) is 5.92 Å². The Morgan fingerprint density at radius 1 is 1.35 bits per heavy atom. The Kier molecular flexibility index (Phi) is 4.22. The summed E-state index contributed by atoms with van der Waals surface area (Å²) in [7, 11) is 2.01. The lowest BCUT2D eigenvalue weighted by atomic mass is 9.97. The number of fused-ring (bicyclic) bond motifs is 1. The van der Waals surface area contributed by atoms with Crippen LogP contribution >= 0.6 is 11.3 Å². The number of aromatic nitrogens is 3. The molecule has 1 saturated carbocycles. The molecule has 2 aromatic rings. The van der Waals surface area contributed by atoms with Crippen molar-refractivity contribution in [2.75, 3.05) is 19.8 Å². The highest BCUT2D eigenvalue weighted by Crippen LogP contribution is 2.31. The van der Waals surface area contributed by atoms with Gasteiger partial charge in [0, 0.05) is 56.3 Å². The molecule has 0 amide bonds. The zero-order valence-corrected chi connectivity index (χ0v) is 14.7. The van der Waals surface area contributed by atoms with E-state index in [1.165, 1.54) is 29.8 Å². The van der Waals surface area contributed by atoms with Crippen LogP contribution in [0.4, 0.5) is 0 Å². The molecule has 1 aliphatic heterocycles. The summed E-state index contributed by atoms with van der Waals surface area (Å²) in [5.41, 5.74) is 3.75. The van der Waals surface area contributed by atoms with Crippen molar-refractivity contribution < 1.29 is 4.74 Å². The van der Waals surface area contributed by atoms with Crippen LogP contribution in [0.5, 0.6) is 0 Å². The predicted molar refractivity (Wildman–Crippen MR) is 90.5 cm³/mol. The van der Waals surface area contributed by atoms with Crippen LogP contribution in [0.15, 0.2) is 11.6 Å². The lowest BCUT2D eigenvalue weighted by Gasteiger charge is -2.31. The monoisotopic (exact) mass is 332 g/mol. The van der Waals surface area contributed by atoms with Crippen LogP contribution in [0.25, 0.3) is 0 Å². The van der Waals surface area contributed by atoms with Crippen molar-refractivity contribution in [1.82, 2.24) is 19.7 Å². The molecule has 0 unspecified atom stereocenters. The highest BCUT2D eigenvalue weighted by molar-refractivity contribution is 7.09. The van der Waals surface area contributed by atoms with Crippen LogP contribution in [-0.4, -0.2) is 39.4 Å². The standard InChI is InChI=1S/C17H24N4OS/c1-12-18-16(11-23-12)8-21-6-14-5-20(2)19-17(14)15(7-21)10-22-9-13-3-4-13/h5,11,13,15H,3-4,6-10H2,1-2H3/t15-/m0/s1. The molecule has 1 fully saturated rings. The van der Waals surface area contributed by atoms with Gasteiger partial charge >= 0.3 is 0 Å². The van der Waals surface area contributed by atoms with Crippen molar-refractivity contribution in [2.24, 2.45) is 13.0 Å². The van der Waals surface area contributed by atoms with E-state index in [1.54, 1.807) is 11.3 Å². The zero-order valence-electron chi connectivity index (χ0n) is 13.9. The Morgan fingerprint density at radius 3 is 2.96 bits per heavy atom. The Hall–Kier alpha value is -1.24. The second kappa shape index (κ2) is 6.34. The number of nitrogens with zero attached hydrogens (tertiary/aromatic N) is 4. The molecular weight excluding hydrogens is 308 g/mol. The molecule has 4 rings (SSSR count). The third-order valence-electron chi connectivity index (χ3n) is 4.62. The van der Waals surface area contributed by atoms with E-state index >= 15 is 0 Å². The summed E-state index contributed by atoms with van der Waals surface area (Å²) in [5.74, 6) is 1.19. The molecule has 0 saturated heterocycles. The van der Waals surface area contributed by atoms with Gasteiger partial charge in [-0.2, -0.15) is 5.10 Å².